The third kappa shape index (κ3) is 6.23. The summed E-state index contributed by atoms with van der Waals surface area (Å²) in [5, 5.41) is 5.43. The summed E-state index contributed by atoms with van der Waals surface area (Å²) in [5.41, 5.74) is 2.91. The van der Waals surface area contributed by atoms with Crippen molar-refractivity contribution in [1.82, 2.24) is 10.3 Å². The summed E-state index contributed by atoms with van der Waals surface area (Å²) in [5.74, 6) is 0. The lowest BCUT2D eigenvalue weighted by Gasteiger charge is -2.29. The van der Waals surface area contributed by atoms with E-state index in [1.54, 1.807) is 36.7 Å². The van der Waals surface area contributed by atoms with Crippen molar-refractivity contribution in [3.8, 4) is 0 Å². The fraction of sp³-hybridized carbons (Fsp3) is 0.250. The molecule has 8 nitrogen and oxygen atoms in total. The normalized spacial score (nSPS) is 13.9. The Kier molecular flexibility index (Phi) is 7.09. The van der Waals surface area contributed by atoms with Gasteiger partial charge in [-0.15, -0.1) is 0 Å². The molecule has 1 fully saturated rings. The molecule has 1 aliphatic heterocycles. The van der Waals surface area contributed by atoms with Gasteiger partial charge >= 0.3 is 6.03 Å². The van der Waals surface area contributed by atoms with Crippen LogP contribution in [0.25, 0.3) is 0 Å². The Labute approximate surface area is 194 Å². The Hall–Kier alpha value is -3.59. The number of rotatable bonds is 7. The van der Waals surface area contributed by atoms with Crippen LogP contribution in [0.5, 0.6) is 0 Å². The molecule has 0 atom stereocenters. The zero-order chi connectivity index (χ0) is 23.1. The molecule has 4 rings (SSSR count). The summed E-state index contributed by atoms with van der Waals surface area (Å²) in [4.78, 5) is 18.5. The number of carbonyl (C=O) groups excluding carboxylic acids is 1. The molecule has 33 heavy (non-hydrogen) atoms. The molecule has 0 spiro atoms. The molecule has 2 amide bonds. The molecule has 1 aromatic heterocycles. The van der Waals surface area contributed by atoms with Gasteiger partial charge in [0.25, 0.3) is 10.0 Å². The molecule has 0 unspecified atom stereocenters. The van der Waals surface area contributed by atoms with Gasteiger partial charge in [-0.2, -0.15) is 0 Å². The number of sulfonamides is 1. The number of anilines is 3. The number of piperidine rings is 1. The summed E-state index contributed by atoms with van der Waals surface area (Å²) in [6.45, 7) is 2.31. The molecule has 0 aliphatic carbocycles. The maximum Gasteiger partial charge on any atom is 0.319 e. The summed E-state index contributed by atoms with van der Waals surface area (Å²) in [6.07, 6.45) is 6.88. The maximum atomic E-state index is 12.9. The Balaban J connectivity index is 1.36. The zero-order valence-electron chi connectivity index (χ0n) is 18.2. The molecule has 2 heterocycles. The first kappa shape index (κ1) is 22.6. The van der Waals surface area contributed by atoms with Crippen LogP contribution in [0.15, 0.2) is 78.0 Å². The lowest BCUT2D eigenvalue weighted by Crippen LogP contribution is -2.29. The quantitative estimate of drug-likeness (QED) is 0.485. The lowest BCUT2D eigenvalue weighted by molar-refractivity contribution is 0.251. The summed E-state index contributed by atoms with van der Waals surface area (Å²) in [7, 11) is -3.76. The van der Waals surface area contributed by atoms with Gasteiger partial charge in [0.1, 0.15) is 0 Å². The van der Waals surface area contributed by atoms with E-state index in [-0.39, 0.29) is 10.9 Å². The van der Waals surface area contributed by atoms with Crippen LogP contribution >= 0.6 is 0 Å². The number of aromatic nitrogens is 1. The lowest BCUT2D eigenvalue weighted by atomic mass is 10.1. The maximum absolute atomic E-state index is 12.9. The van der Waals surface area contributed by atoms with Crippen molar-refractivity contribution in [2.24, 2.45) is 0 Å². The van der Waals surface area contributed by atoms with Crippen LogP contribution in [-0.2, 0) is 16.6 Å². The van der Waals surface area contributed by atoms with Crippen molar-refractivity contribution in [2.75, 3.05) is 28.0 Å². The highest BCUT2D eigenvalue weighted by Crippen LogP contribution is 2.25. The minimum absolute atomic E-state index is 0.118. The molecule has 172 valence electrons. The van der Waals surface area contributed by atoms with Crippen LogP contribution in [0.1, 0.15) is 24.8 Å². The van der Waals surface area contributed by atoms with Gasteiger partial charge in [0, 0.05) is 43.4 Å². The van der Waals surface area contributed by atoms with Crippen molar-refractivity contribution in [3.05, 3.63) is 78.6 Å². The highest BCUT2D eigenvalue weighted by molar-refractivity contribution is 7.92. The second-order valence-electron chi connectivity index (χ2n) is 7.90. The standard InChI is InChI=1S/C24H27N5O3S/c30-24(26-18-19-6-5-13-25-17-19)27-20-9-11-23(12-10-20)33(31,32)28-21-7-4-8-22(16-21)29-14-2-1-3-15-29/h4-13,16-17,28H,1-3,14-15,18H2,(H2,26,27,30). The van der Waals surface area contributed by atoms with E-state index in [1.807, 2.05) is 24.3 Å². The van der Waals surface area contributed by atoms with Gasteiger partial charge in [0.05, 0.1) is 10.6 Å². The van der Waals surface area contributed by atoms with Crippen LogP contribution in [0.4, 0.5) is 21.9 Å². The van der Waals surface area contributed by atoms with Crippen molar-refractivity contribution in [3.63, 3.8) is 0 Å². The highest BCUT2D eigenvalue weighted by atomic mass is 32.2. The Morgan fingerprint density at radius 3 is 2.45 bits per heavy atom. The Morgan fingerprint density at radius 1 is 0.939 bits per heavy atom. The molecule has 9 heteroatoms. The van der Waals surface area contributed by atoms with Gasteiger partial charge in [-0.3, -0.25) is 9.71 Å². The molecule has 1 aliphatic rings. The van der Waals surface area contributed by atoms with E-state index in [0.29, 0.717) is 17.9 Å². The van der Waals surface area contributed by atoms with Crippen LogP contribution in [0, 0.1) is 0 Å². The predicted molar refractivity (Wildman–Crippen MR) is 130 cm³/mol. The SMILES string of the molecule is O=C(NCc1cccnc1)Nc1ccc(S(=O)(=O)Nc2cccc(N3CCCCC3)c2)cc1. The molecule has 0 radical (unpaired) electrons. The predicted octanol–water partition coefficient (Wildman–Crippen LogP) is 4.19. The average molecular weight is 466 g/mol. The second kappa shape index (κ2) is 10.4. The van der Waals surface area contributed by atoms with E-state index in [9.17, 15) is 13.2 Å². The Morgan fingerprint density at radius 2 is 1.73 bits per heavy atom. The van der Waals surface area contributed by atoms with E-state index in [0.717, 1.165) is 37.2 Å². The molecule has 0 saturated carbocycles. The molecular weight excluding hydrogens is 438 g/mol. The summed E-state index contributed by atoms with van der Waals surface area (Å²) < 4.78 is 28.4. The number of urea groups is 1. The van der Waals surface area contributed by atoms with Crippen molar-refractivity contribution in [1.29, 1.82) is 0 Å². The number of amides is 2. The zero-order valence-corrected chi connectivity index (χ0v) is 19.0. The first-order valence-electron chi connectivity index (χ1n) is 10.9. The van der Waals surface area contributed by atoms with Gasteiger partial charge < -0.3 is 15.5 Å². The van der Waals surface area contributed by atoms with Crippen molar-refractivity contribution in [2.45, 2.75) is 30.7 Å². The van der Waals surface area contributed by atoms with Gasteiger partial charge in [-0.25, -0.2) is 13.2 Å². The van der Waals surface area contributed by atoms with Crippen molar-refractivity contribution >= 4 is 33.1 Å². The molecule has 3 aromatic rings. The fourth-order valence-electron chi connectivity index (χ4n) is 3.71. The topological polar surface area (TPSA) is 103 Å². The van der Waals surface area contributed by atoms with Gasteiger partial charge in [-0.05, 0) is 73.4 Å². The molecule has 2 aromatic carbocycles. The number of benzene rings is 2. The average Bonchev–Trinajstić information content (AvgIpc) is 2.84. The van der Waals surface area contributed by atoms with E-state index in [1.165, 1.54) is 18.6 Å². The van der Waals surface area contributed by atoms with Crippen LogP contribution in [-0.4, -0.2) is 32.5 Å². The monoisotopic (exact) mass is 465 g/mol. The van der Waals surface area contributed by atoms with Gasteiger partial charge in [0.2, 0.25) is 0 Å². The number of hydrogen-bond donors (Lipinski definition) is 3. The van der Waals surface area contributed by atoms with Crippen LogP contribution in [0.3, 0.4) is 0 Å². The third-order valence-corrected chi connectivity index (χ3v) is 6.82. The number of pyridine rings is 1. The van der Waals surface area contributed by atoms with Crippen molar-refractivity contribution < 1.29 is 13.2 Å². The molecule has 1 saturated heterocycles. The first-order valence-corrected chi connectivity index (χ1v) is 12.4. The summed E-state index contributed by atoms with van der Waals surface area (Å²) in [6, 6.07) is 16.8. The highest BCUT2D eigenvalue weighted by Gasteiger charge is 2.16. The van der Waals surface area contributed by atoms with E-state index >= 15 is 0 Å². The second-order valence-corrected chi connectivity index (χ2v) is 9.58. The number of carbonyl (C=O) groups is 1. The molecule has 0 bridgehead atoms. The minimum Gasteiger partial charge on any atom is -0.371 e. The largest absolute Gasteiger partial charge is 0.371 e. The first-order chi connectivity index (χ1) is 16.0. The van der Waals surface area contributed by atoms with Gasteiger partial charge in [-0.1, -0.05) is 12.1 Å². The van der Waals surface area contributed by atoms with Gasteiger partial charge in [0.15, 0.2) is 0 Å². The Bertz CT molecular complexity index is 1180. The summed E-state index contributed by atoms with van der Waals surface area (Å²) >= 11 is 0. The molecule has 3 N–H and O–H groups in total. The minimum atomic E-state index is -3.76. The smallest absolute Gasteiger partial charge is 0.319 e. The van der Waals surface area contributed by atoms with Crippen LogP contribution in [0.2, 0.25) is 0 Å². The van der Waals surface area contributed by atoms with Crippen LogP contribution < -0.4 is 20.3 Å². The number of nitrogens with zero attached hydrogens (tertiary/aromatic N) is 2. The molecular formula is C24H27N5O3S. The fourth-order valence-corrected chi connectivity index (χ4v) is 4.76. The third-order valence-electron chi connectivity index (χ3n) is 5.42. The number of hydrogen-bond acceptors (Lipinski definition) is 5. The van der Waals surface area contributed by atoms with E-state index in [4.69, 9.17) is 0 Å². The van der Waals surface area contributed by atoms with E-state index in [2.05, 4.69) is 25.2 Å². The number of nitrogens with one attached hydrogen (secondary N) is 3. The van der Waals surface area contributed by atoms with E-state index < -0.39 is 10.0 Å².